The summed E-state index contributed by atoms with van der Waals surface area (Å²) < 4.78 is 9.25. The second kappa shape index (κ2) is 8.12. The number of aromatic nitrogens is 1. The maximum atomic E-state index is 6.95. The number of hydrogen-bond donors (Lipinski definition) is 0. The van der Waals surface area contributed by atoms with Crippen LogP contribution in [0.1, 0.15) is 61.8 Å². The molecular weight excluding hydrogens is 414 g/mol. The molecule has 3 aromatic carbocycles. The molecule has 6 rings (SSSR count). The zero-order valence-electron chi connectivity index (χ0n) is 21.3. The van der Waals surface area contributed by atoms with Gasteiger partial charge in [-0.25, -0.2) is 4.57 Å². The summed E-state index contributed by atoms with van der Waals surface area (Å²) >= 11 is 0. The van der Waals surface area contributed by atoms with Gasteiger partial charge in [-0.15, -0.1) is 0 Å². The van der Waals surface area contributed by atoms with Crippen molar-refractivity contribution < 1.29 is 9.30 Å². The number of rotatable bonds is 4. The monoisotopic (exact) mass is 450 g/mol. The van der Waals surface area contributed by atoms with Gasteiger partial charge in [0.15, 0.2) is 6.20 Å². The zero-order valence-corrected chi connectivity index (χ0v) is 21.3. The molecule has 174 valence electrons. The van der Waals surface area contributed by atoms with Crippen LogP contribution in [0.3, 0.4) is 0 Å². The number of nitrogens with zero attached hydrogens (tertiary/aromatic N) is 1. The van der Waals surface area contributed by atoms with Gasteiger partial charge in [0.2, 0.25) is 5.69 Å². The molecule has 1 fully saturated rings. The van der Waals surface area contributed by atoms with Crippen LogP contribution in [-0.2, 0) is 19.9 Å². The van der Waals surface area contributed by atoms with Gasteiger partial charge in [0.25, 0.3) is 0 Å². The molecule has 1 saturated carbocycles. The van der Waals surface area contributed by atoms with Crippen molar-refractivity contribution in [3.05, 3.63) is 64.8 Å². The number of benzene rings is 3. The second-order valence-electron chi connectivity index (χ2n) is 11.2. The highest BCUT2D eigenvalue weighted by Crippen LogP contribution is 2.51. The Labute approximate surface area is 203 Å². The lowest BCUT2D eigenvalue weighted by Crippen LogP contribution is -2.32. The molecule has 34 heavy (non-hydrogen) atoms. The molecule has 0 amide bonds. The highest BCUT2D eigenvalue weighted by molar-refractivity contribution is 6.06. The van der Waals surface area contributed by atoms with E-state index < -0.39 is 0 Å². The third kappa shape index (κ3) is 3.42. The van der Waals surface area contributed by atoms with E-state index in [1.807, 2.05) is 0 Å². The van der Waals surface area contributed by atoms with Crippen LogP contribution in [0.2, 0.25) is 0 Å². The average Bonchev–Trinajstić information content (AvgIpc) is 3.31. The van der Waals surface area contributed by atoms with Gasteiger partial charge in [0.1, 0.15) is 18.5 Å². The summed E-state index contributed by atoms with van der Waals surface area (Å²) in [6, 6.07) is 14.0. The molecule has 0 saturated heterocycles. The summed E-state index contributed by atoms with van der Waals surface area (Å²) in [6.07, 6.45) is 9.93. The van der Waals surface area contributed by atoms with E-state index in [0.29, 0.717) is 5.92 Å². The van der Waals surface area contributed by atoms with Gasteiger partial charge < -0.3 is 4.74 Å². The Morgan fingerprint density at radius 2 is 1.79 bits per heavy atom. The van der Waals surface area contributed by atoms with Crippen molar-refractivity contribution in [2.24, 2.45) is 18.9 Å². The molecule has 0 radical (unpaired) electrons. The van der Waals surface area contributed by atoms with Crippen LogP contribution in [0.15, 0.2) is 42.6 Å². The lowest BCUT2D eigenvalue weighted by atomic mass is 9.85. The largest absolute Gasteiger partial charge is 0.455 e. The molecule has 2 heteroatoms. The quantitative estimate of drug-likeness (QED) is 0.252. The number of aryl methyl sites for hydroxylation is 3. The summed E-state index contributed by atoms with van der Waals surface area (Å²) in [4.78, 5) is 0. The summed E-state index contributed by atoms with van der Waals surface area (Å²) in [6.45, 7) is 9.09. The molecule has 0 bridgehead atoms. The van der Waals surface area contributed by atoms with Crippen LogP contribution < -0.4 is 9.30 Å². The molecular formula is C32H36NO+. The van der Waals surface area contributed by atoms with Gasteiger partial charge in [-0.3, -0.25) is 0 Å². The van der Waals surface area contributed by atoms with E-state index in [9.17, 15) is 0 Å². The topological polar surface area (TPSA) is 13.1 Å². The summed E-state index contributed by atoms with van der Waals surface area (Å²) in [5.41, 5.74) is 7.99. The van der Waals surface area contributed by atoms with Crippen molar-refractivity contribution in [1.82, 2.24) is 0 Å². The minimum atomic E-state index is 0.555. The second-order valence-corrected chi connectivity index (χ2v) is 11.2. The molecule has 0 N–H and O–H groups in total. The molecule has 4 aromatic rings. The van der Waals surface area contributed by atoms with Crippen LogP contribution >= 0.6 is 0 Å². The lowest BCUT2D eigenvalue weighted by molar-refractivity contribution is -0.659. The minimum absolute atomic E-state index is 0.555. The highest BCUT2D eigenvalue weighted by atomic mass is 16.5. The molecule has 2 aliphatic rings. The smallest absolute Gasteiger partial charge is 0.228 e. The third-order valence-electron chi connectivity index (χ3n) is 8.10. The first kappa shape index (κ1) is 21.6. The molecule has 2 nitrogen and oxygen atoms in total. The Bertz CT molecular complexity index is 1440. The molecule has 1 aliphatic heterocycles. The molecule has 0 spiro atoms. The summed E-state index contributed by atoms with van der Waals surface area (Å²) in [7, 11) is 2.18. The first-order chi connectivity index (χ1) is 16.4. The number of hydrogen-bond acceptors (Lipinski definition) is 1. The molecule has 2 heterocycles. The van der Waals surface area contributed by atoms with Gasteiger partial charge >= 0.3 is 0 Å². The van der Waals surface area contributed by atoms with Crippen molar-refractivity contribution in [2.45, 2.75) is 66.2 Å². The third-order valence-corrected chi connectivity index (χ3v) is 8.10. The highest BCUT2D eigenvalue weighted by Gasteiger charge is 2.33. The number of ether oxygens (including phenoxy) is 1. The van der Waals surface area contributed by atoms with Crippen molar-refractivity contribution >= 4 is 21.5 Å². The average molecular weight is 451 g/mol. The van der Waals surface area contributed by atoms with Crippen LogP contribution in [0.4, 0.5) is 0 Å². The maximum absolute atomic E-state index is 6.95. The SMILES string of the molecule is Cc1ccc2c(CC(C)C)c3c(c(C)c2c1)-c1c2c(cc(CC4CCCC4)cc2cc[n+]1C)O3. The Hall–Kier alpha value is -2.87. The molecule has 0 unspecified atom stereocenters. The van der Waals surface area contributed by atoms with Crippen molar-refractivity contribution in [2.75, 3.05) is 0 Å². The van der Waals surface area contributed by atoms with E-state index in [2.05, 4.69) is 81.9 Å². The fraction of sp³-hybridized carbons (Fsp3) is 0.406. The van der Waals surface area contributed by atoms with E-state index in [1.54, 1.807) is 0 Å². The van der Waals surface area contributed by atoms with Crippen LogP contribution in [-0.4, -0.2) is 0 Å². The van der Waals surface area contributed by atoms with E-state index in [-0.39, 0.29) is 0 Å². The van der Waals surface area contributed by atoms with Crippen molar-refractivity contribution in [3.8, 4) is 22.8 Å². The standard InChI is InChI=1S/C32H36NO/c1-19(2)14-27-25-11-10-20(3)15-26(25)21(4)29-31-30-24(12-13-33(31)5)17-23(16-22-8-6-7-9-22)18-28(30)34-32(27)29/h10-13,15,17-19,22H,6-9,14,16H2,1-5H3/q+1. The first-order valence-corrected chi connectivity index (χ1v) is 13.1. The molecule has 1 aliphatic carbocycles. The fourth-order valence-electron chi connectivity index (χ4n) is 6.50. The lowest BCUT2D eigenvalue weighted by Gasteiger charge is -2.26. The maximum Gasteiger partial charge on any atom is 0.228 e. The molecule has 1 aromatic heterocycles. The fourth-order valence-corrected chi connectivity index (χ4v) is 6.50. The normalized spacial score (nSPS) is 15.4. The van der Waals surface area contributed by atoms with Gasteiger partial charge in [-0.1, -0.05) is 69.4 Å². The van der Waals surface area contributed by atoms with Crippen molar-refractivity contribution in [1.29, 1.82) is 0 Å². The van der Waals surface area contributed by atoms with E-state index in [0.717, 1.165) is 23.8 Å². The molecule has 0 atom stereocenters. The predicted octanol–water partition coefficient (Wildman–Crippen LogP) is 8.14. The summed E-state index contributed by atoms with van der Waals surface area (Å²) in [5.74, 6) is 3.50. The Kier molecular flexibility index (Phi) is 5.17. The number of fused-ring (bicyclic) bond motifs is 3. The van der Waals surface area contributed by atoms with Crippen LogP contribution in [0.25, 0.3) is 32.8 Å². The van der Waals surface area contributed by atoms with E-state index >= 15 is 0 Å². The van der Waals surface area contributed by atoms with E-state index in [4.69, 9.17) is 4.74 Å². The predicted molar refractivity (Wildman–Crippen MR) is 142 cm³/mol. The van der Waals surface area contributed by atoms with E-state index in [1.165, 1.54) is 87.2 Å². The number of pyridine rings is 1. The van der Waals surface area contributed by atoms with Gasteiger partial charge in [-0.05, 0) is 71.9 Å². The van der Waals surface area contributed by atoms with Crippen LogP contribution in [0, 0.1) is 25.7 Å². The zero-order chi connectivity index (χ0) is 23.6. The first-order valence-electron chi connectivity index (χ1n) is 13.1. The van der Waals surface area contributed by atoms with Gasteiger partial charge in [0, 0.05) is 11.6 Å². The Morgan fingerprint density at radius 1 is 1.00 bits per heavy atom. The van der Waals surface area contributed by atoms with Gasteiger partial charge in [-0.2, -0.15) is 0 Å². The Balaban J connectivity index is 1.65. The van der Waals surface area contributed by atoms with Crippen LogP contribution in [0.5, 0.6) is 11.5 Å². The van der Waals surface area contributed by atoms with Gasteiger partial charge in [0.05, 0.1) is 10.9 Å². The minimum Gasteiger partial charge on any atom is -0.455 e. The summed E-state index contributed by atoms with van der Waals surface area (Å²) in [5, 5.41) is 5.27. The Morgan fingerprint density at radius 3 is 2.56 bits per heavy atom. The van der Waals surface area contributed by atoms with Crippen molar-refractivity contribution in [3.63, 3.8) is 0 Å².